The summed E-state index contributed by atoms with van der Waals surface area (Å²) in [7, 11) is 1.47. The number of hydrogen-bond acceptors (Lipinski definition) is 7. The SMILES string of the molecule is COCC1OC(n2cnc(C(=N)N)n2)C(O)C1O. The molecule has 1 aromatic heterocycles. The number of amidine groups is 1. The second-order valence-corrected chi connectivity index (χ2v) is 3.96. The maximum atomic E-state index is 9.85. The average molecular weight is 257 g/mol. The Morgan fingerprint density at radius 3 is 2.89 bits per heavy atom. The zero-order valence-electron chi connectivity index (χ0n) is 9.72. The number of aliphatic hydroxyl groups is 2. The van der Waals surface area contributed by atoms with Gasteiger partial charge in [0.25, 0.3) is 0 Å². The summed E-state index contributed by atoms with van der Waals surface area (Å²) in [6.07, 6.45) is -2.45. The molecule has 0 aromatic carbocycles. The Hall–Kier alpha value is -1.55. The first-order chi connectivity index (χ1) is 8.54. The van der Waals surface area contributed by atoms with Crippen molar-refractivity contribution >= 4 is 5.84 Å². The summed E-state index contributed by atoms with van der Waals surface area (Å²) in [6.45, 7) is 0.156. The van der Waals surface area contributed by atoms with Gasteiger partial charge in [-0.1, -0.05) is 0 Å². The number of rotatable bonds is 4. The highest BCUT2D eigenvalue weighted by Crippen LogP contribution is 2.28. The van der Waals surface area contributed by atoms with E-state index < -0.39 is 24.5 Å². The summed E-state index contributed by atoms with van der Waals surface area (Å²) in [6, 6.07) is 0. The fraction of sp³-hybridized carbons (Fsp3) is 0.667. The van der Waals surface area contributed by atoms with Crippen molar-refractivity contribution < 1.29 is 19.7 Å². The van der Waals surface area contributed by atoms with Crippen LogP contribution in [0.4, 0.5) is 0 Å². The molecule has 4 atom stereocenters. The van der Waals surface area contributed by atoms with E-state index in [0.29, 0.717) is 0 Å². The normalized spacial score (nSPS) is 31.7. The van der Waals surface area contributed by atoms with Crippen LogP contribution in [0.15, 0.2) is 6.33 Å². The van der Waals surface area contributed by atoms with Crippen molar-refractivity contribution in [3.8, 4) is 0 Å². The lowest BCUT2D eigenvalue weighted by Crippen LogP contribution is -2.33. The fourth-order valence-corrected chi connectivity index (χ4v) is 1.77. The number of ether oxygens (including phenoxy) is 2. The van der Waals surface area contributed by atoms with Crippen LogP contribution >= 0.6 is 0 Å². The lowest BCUT2D eigenvalue weighted by molar-refractivity contribution is -0.0648. The standard InChI is InChI=1S/C9H15N5O4/c1-17-2-4-5(15)6(16)9(18-4)14-3-12-8(13-14)7(10)11/h3-6,9,15-16H,2H2,1H3,(H3,10,11). The van der Waals surface area contributed by atoms with Gasteiger partial charge >= 0.3 is 0 Å². The maximum absolute atomic E-state index is 9.85. The van der Waals surface area contributed by atoms with Crippen molar-refractivity contribution in [3.63, 3.8) is 0 Å². The van der Waals surface area contributed by atoms with E-state index in [2.05, 4.69) is 10.1 Å². The van der Waals surface area contributed by atoms with E-state index in [1.54, 1.807) is 0 Å². The van der Waals surface area contributed by atoms with Crippen LogP contribution in [-0.4, -0.2) is 62.8 Å². The molecule has 0 saturated carbocycles. The molecule has 1 aromatic rings. The summed E-state index contributed by atoms with van der Waals surface area (Å²) in [5, 5.41) is 30.7. The van der Waals surface area contributed by atoms with Crippen LogP contribution in [0.2, 0.25) is 0 Å². The molecule has 9 heteroatoms. The number of aliphatic hydroxyl groups excluding tert-OH is 2. The third kappa shape index (κ3) is 2.20. The van der Waals surface area contributed by atoms with Crippen molar-refractivity contribution in [1.82, 2.24) is 14.8 Å². The van der Waals surface area contributed by atoms with Crippen LogP contribution in [0, 0.1) is 5.41 Å². The lowest BCUT2D eigenvalue weighted by Gasteiger charge is -2.13. The van der Waals surface area contributed by atoms with Gasteiger partial charge in [0.15, 0.2) is 12.1 Å². The number of nitrogens with one attached hydrogen (secondary N) is 1. The summed E-state index contributed by atoms with van der Waals surface area (Å²) < 4.78 is 11.5. The van der Waals surface area contributed by atoms with Crippen LogP contribution < -0.4 is 5.73 Å². The van der Waals surface area contributed by atoms with Gasteiger partial charge < -0.3 is 25.4 Å². The van der Waals surface area contributed by atoms with Crippen molar-refractivity contribution in [3.05, 3.63) is 12.2 Å². The van der Waals surface area contributed by atoms with Gasteiger partial charge in [-0.3, -0.25) is 5.41 Å². The second kappa shape index (κ2) is 4.98. The zero-order chi connectivity index (χ0) is 13.3. The third-order valence-corrected chi connectivity index (χ3v) is 2.68. The van der Waals surface area contributed by atoms with Crippen LogP contribution in [0.5, 0.6) is 0 Å². The molecule has 4 unspecified atom stereocenters. The van der Waals surface area contributed by atoms with Gasteiger partial charge in [0, 0.05) is 7.11 Å². The second-order valence-electron chi connectivity index (χ2n) is 3.96. The third-order valence-electron chi connectivity index (χ3n) is 2.68. The highest BCUT2D eigenvalue weighted by molar-refractivity contribution is 5.90. The van der Waals surface area contributed by atoms with Crippen molar-refractivity contribution in [2.24, 2.45) is 5.73 Å². The van der Waals surface area contributed by atoms with Crippen LogP contribution in [0.1, 0.15) is 12.1 Å². The molecule has 0 spiro atoms. The van der Waals surface area contributed by atoms with Gasteiger partial charge in [0.2, 0.25) is 5.82 Å². The molecule has 1 fully saturated rings. The van der Waals surface area contributed by atoms with Gasteiger partial charge in [-0.05, 0) is 0 Å². The lowest BCUT2D eigenvalue weighted by atomic mass is 10.1. The van der Waals surface area contributed by atoms with E-state index in [9.17, 15) is 10.2 Å². The molecule has 2 heterocycles. The monoisotopic (exact) mass is 257 g/mol. The van der Waals surface area contributed by atoms with E-state index in [-0.39, 0.29) is 18.3 Å². The minimum atomic E-state index is -1.15. The number of aromatic nitrogens is 3. The van der Waals surface area contributed by atoms with E-state index in [1.807, 2.05) is 0 Å². The number of hydrogen-bond donors (Lipinski definition) is 4. The first kappa shape index (κ1) is 12.9. The Kier molecular flexibility index (Phi) is 3.57. The number of nitrogens with zero attached hydrogens (tertiary/aromatic N) is 3. The summed E-state index contributed by atoms with van der Waals surface area (Å²) in [5.41, 5.74) is 5.23. The number of methoxy groups -OCH3 is 1. The summed E-state index contributed by atoms with van der Waals surface area (Å²) in [5.74, 6) is -0.245. The van der Waals surface area contributed by atoms with Crippen LogP contribution in [0.25, 0.3) is 0 Å². The molecular weight excluding hydrogens is 242 g/mol. The Morgan fingerprint density at radius 1 is 1.61 bits per heavy atom. The fourth-order valence-electron chi connectivity index (χ4n) is 1.77. The molecule has 100 valence electrons. The molecule has 1 saturated heterocycles. The largest absolute Gasteiger partial charge is 0.387 e. The Balaban J connectivity index is 2.15. The smallest absolute Gasteiger partial charge is 0.215 e. The molecule has 0 aliphatic carbocycles. The van der Waals surface area contributed by atoms with Gasteiger partial charge in [-0.2, -0.15) is 0 Å². The minimum absolute atomic E-state index is 0.0375. The maximum Gasteiger partial charge on any atom is 0.215 e. The molecule has 1 aliphatic rings. The van der Waals surface area contributed by atoms with Gasteiger partial charge in [0.1, 0.15) is 24.6 Å². The van der Waals surface area contributed by atoms with E-state index >= 15 is 0 Å². The Labute approximate surface area is 103 Å². The predicted molar refractivity (Wildman–Crippen MR) is 58.8 cm³/mol. The molecule has 2 rings (SSSR count). The highest BCUT2D eigenvalue weighted by Gasteiger charge is 2.44. The molecule has 1 aliphatic heterocycles. The zero-order valence-corrected chi connectivity index (χ0v) is 9.72. The Bertz CT molecular complexity index is 436. The number of nitrogen functional groups attached to an aromatic ring is 1. The molecule has 9 nitrogen and oxygen atoms in total. The first-order valence-electron chi connectivity index (χ1n) is 5.30. The molecular formula is C9H15N5O4. The number of nitrogens with two attached hydrogens (primary N) is 1. The van der Waals surface area contributed by atoms with Gasteiger partial charge in [-0.25, -0.2) is 9.67 Å². The molecule has 0 amide bonds. The molecule has 0 bridgehead atoms. The van der Waals surface area contributed by atoms with Crippen LogP contribution in [-0.2, 0) is 9.47 Å². The average Bonchev–Trinajstić information content (AvgIpc) is 2.90. The van der Waals surface area contributed by atoms with Gasteiger partial charge in [-0.15, -0.1) is 5.10 Å². The Morgan fingerprint density at radius 2 is 2.33 bits per heavy atom. The van der Waals surface area contributed by atoms with Gasteiger partial charge in [0.05, 0.1) is 6.61 Å². The molecule has 0 radical (unpaired) electrons. The van der Waals surface area contributed by atoms with E-state index in [4.69, 9.17) is 20.6 Å². The predicted octanol–water partition coefficient (Wildman–Crippen LogP) is -2.17. The van der Waals surface area contributed by atoms with Crippen molar-refractivity contribution in [2.45, 2.75) is 24.5 Å². The van der Waals surface area contributed by atoms with Crippen LogP contribution in [0.3, 0.4) is 0 Å². The quantitative estimate of drug-likeness (QED) is 0.355. The topological polar surface area (TPSA) is 140 Å². The molecule has 5 N–H and O–H groups in total. The summed E-state index contributed by atoms with van der Waals surface area (Å²) in [4.78, 5) is 3.79. The minimum Gasteiger partial charge on any atom is -0.387 e. The summed E-state index contributed by atoms with van der Waals surface area (Å²) >= 11 is 0. The van der Waals surface area contributed by atoms with E-state index in [0.717, 1.165) is 0 Å². The highest BCUT2D eigenvalue weighted by atomic mass is 16.6. The molecule has 18 heavy (non-hydrogen) atoms. The van der Waals surface area contributed by atoms with Crippen molar-refractivity contribution in [1.29, 1.82) is 5.41 Å². The first-order valence-corrected chi connectivity index (χ1v) is 5.30. The van der Waals surface area contributed by atoms with E-state index in [1.165, 1.54) is 18.1 Å². The van der Waals surface area contributed by atoms with Crippen molar-refractivity contribution in [2.75, 3.05) is 13.7 Å².